The molecule has 0 radical (unpaired) electrons. The number of carboxylic acid groups (broad SMARTS) is 2. The van der Waals surface area contributed by atoms with Crippen molar-refractivity contribution in [3.63, 3.8) is 0 Å². The van der Waals surface area contributed by atoms with Gasteiger partial charge in [-0.05, 0) is 50.7 Å². The van der Waals surface area contributed by atoms with E-state index in [1.165, 1.54) is 0 Å². The highest BCUT2D eigenvalue weighted by Crippen LogP contribution is 2.29. The van der Waals surface area contributed by atoms with Crippen molar-refractivity contribution < 1.29 is 24.5 Å². The van der Waals surface area contributed by atoms with Gasteiger partial charge in [0, 0.05) is 17.3 Å². The molecule has 1 unspecified atom stereocenters. The number of hydrogen-bond acceptors (Lipinski definition) is 6. The molecule has 148 valence electrons. The van der Waals surface area contributed by atoms with E-state index in [0.29, 0.717) is 16.3 Å². The molecule has 0 amide bonds. The molecule has 1 aromatic carbocycles. The topological polar surface area (TPSA) is 133 Å². The molecule has 0 aliphatic rings. The number of halogens is 1. The molecule has 2 rings (SSSR count). The Morgan fingerprint density at radius 2 is 2.00 bits per heavy atom. The number of nitriles is 1. The molecular formula is C19H20ClN3O5. The van der Waals surface area contributed by atoms with Crippen LogP contribution in [0.5, 0.6) is 5.75 Å². The van der Waals surface area contributed by atoms with Crippen LogP contribution in [0.2, 0.25) is 5.02 Å². The molecular weight excluding hydrogens is 386 g/mol. The molecule has 0 spiro atoms. The summed E-state index contributed by atoms with van der Waals surface area (Å²) in [5, 5.41) is 27.7. The maximum atomic E-state index is 9.21. The van der Waals surface area contributed by atoms with Gasteiger partial charge in [-0.15, -0.1) is 0 Å². The fraction of sp³-hybridized carbons (Fsp3) is 0.263. The van der Waals surface area contributed by atoms with Gasteiger partial charge < -0.3 is 20.3 Å². The van der Waals surface area contributed by atoms with Crippen LogP contribution < -0.4 is 10.1 Å². The van der Waals surface area contributed by atoms with Gasteiger partial charge >= 0.3 is 11.9 Å². The highest BCUT2D eigenvalue weighted by Gasteiger charge is 2.16. The minimum atomic E-state index is -1.82. The lowest BCUT2D eigenvalue weighted by Crippen LogP contribution is -2.14. The number of nitrogens with zero attached hydrogens (tertiary/aromatic N) is 2. The zero-order valence-electron chi connectivity index (χ0n) is 15.1. The summed E-state index contributed by atoms with van der Waals surface area (Å²) >= 11 is 6.02. The second kappa shape index (κ2) is 12.3. The summed E-state index contributed by atoms with van der Waals surface area (Å²) in [4.78, 5) is 22.6. The van der Waals surface area contributed by atoms with Crippen LogP contribution in [0.4, 0.5) is 0 Å². The third-order valence-electron chi connectivity index (χ3n) is 3.43. The van der Waals surface area contributed by atoms with Crippen LogP contribution in [0.3, 0.4) is 0 Å². The van der Waals surface area contributed by atoms with Crippen molar-refractivity contribution in [2.45, 2.75) is 18.9 Å². The van der Waals surface area contributed by atoms with E-state index in [2.05, 4.69) is 16.4 Å². The summed E-state index contributed by atoms with van der Waals surface area (Å²) < 4.78 is 6.05. The Bertz CT molecular complexity index is 812. The molecule has 28 heavy (non-hydrogen) atoms. The maximum Gasteiger partial charge on any atom is 0.414 e. The van der Waals surface area contributed by atoms with Crippen molar-refractivity contribution in [1.29, 1.82) is 5.26 Å². The molecule has 1 aromatic heterocycles. The van der Waals surface area contributed by atoms with E-state index in [-0.39, 0.29) is 6.10 Å². The van der Waals surface area contributed by atoms with E-state index in [9.17, 15) is 5.26 Å². The molecule has 0 saturated carbocycles. The molecule has 2 aromatic rings. The van der Waals surface area contributed by atoms with E-state index >= 15 is 0 Å². The van der Waals surface area contributed by atoms with Gasteiger partial charge in [-0.3, -0.25) is 4.98 Å². The van der Waals surface area contributed by atoms with Gasteiger partial charge in [0.1, 0.15) is 17.9 Å². The van der Waals surface area contributed by atoms with Gasteiger partial charge in [-0.25, -0.2) is 9.59 Å². The van der Waals surface area contributed by atoms with Crippen molar-refractivity contribution in [3.05, 3.63) is 58.9 Å². The lowest BCUT2D eigenvalue weighted by molar-refractivity contribution is -0.159. The monoisotopic (exact) mass is 405 g/mol. The fourth-order valence-corrected chi connectivity index (χ4v) is 2.30. The molecule has 0 bridgehead atoms. The molecule has 0 saturated heterocycles. The first-order valence-electron chi connectivity index (χ1n) is 8.27. The van der Waals surface area contributed by atoms with E-state index < -0.39 is 11.9 Å². The second-order valence-electron chi connectivity index (χ2n) is 5.47. The first kappa shape index (κ1) is 22.9. The van der Waals surface area contributed by atoms with Crippen molar-refractivity contribution in [2.24, 2.45) is 0 Å². The smallest absolute Gasteiger partial charge is 0.414 e. The summed E-state index contributed by atoms with van der Waals surface area (Å²) in [6.45, 7) is 0.896. The van der Waals surface area contributed by atoms with Crippen LogP contribution in [0.15, 0.2) is 42.6 Å². The Morgan fingerprint density at radius 3 is 2.54 bits per heavy atom. The number of pyridine rings is 1. The summed E-state index contributed by atoms with van der Waals surface area (Å²) in [6.07, 6.45) is 3.28. The highest BCUT2D eigenvalue weighted by molar-refractivity contribution is 6.30. The summed E-state index contributed by atoms with van der Waals surface area (Å²) in [5.74, 6) is -3.15. The maximum absolute atomic E-state index is 9.21. The van der Waals surface area contributed by atoms with Gasteiger partial charge in [0.2, 0.25) is 0 Å². The quantitative estimate of drug-likeness (QED) is 0.473. The highest BCUT2D eigenvalue weighted by atomic mass is 35.5. The molecule has 0 fully saturated rings. The van der Waals surface area contributed by atoms with Gasteiger partial charge in [-0.1, -0.05) is 17.7 Å². The number of ether oxygens (including phenoxy) is 1. The Hall–Kier alpha value is -3.15. The van der Waals surface area contributed by atoms with Gasteiger partial charge in [0.25, 0.3) is 0 Å². The van der Waals surface area contributed by atoms with Gasteiger partial charge in [-0.2, -0.15) is 5.26 Å². The lowest BCUT2D eigenvalue weighted by atomic mass is 10.1. The molecule has 9 heteroatoms. The molecule has 0 aliphatic heterocycles. The first-order valence-corrected chi connectivity index (χ1v) is 8.64. The Morgan fingerprint density at radius 1 is 1.29 bits per heavy atom. The van der Waals surface area contributed by atoms with Crippen LogP contribution >= 0.6 is 11.6 Å². The van der Waals surface area contributed by atoms with Crippen molar-refractivity contribution in [2.75, 3.05) is 13.6 Å². The normalized spacial score (nSPS) is 10.8. The Kier molecular flexibility index (Phi) is 10.0. The summed E-state index contributed by atoms with van der Waals surface area (Å²) in [6, 6.07) is 12.9. The molecule has 8 nitrogen and oxygen atoms in total. The number of carbonyl (C=O) groups is 2. The molecule has 1 atom stereocenters. The Labute approximate surface area is 167 Å². The Balaban J connectivity index is 0.000000568. The number of benzene rings is 1. The predicted octanol–water partition coefficient (Wildman–Crippen LogP) is 2.88. The average molecular weight is 406 g/mol. The van der Waals surface area contributed by atoms with Crippen LogP contribution in [0.1, 0.15) is 30.2 Å². The minimum Gasteiger partial charge on any atom is -0.483 e. The largest absolute Gasteiger partial charge is 0.483 e. The fourth-order valence-electron chi connectivity index (χ4n) is 2.14. The average Bonchev–Trinajstić information content (AvgIpc) is 2.68. The van der Waals surface area contributed by atoms with E-state index in [1.807, 2.05) is 25.2 Å². The zero-order chi connectivity index (χ0) is 20.9. The lowest BCUT2D eigenvalue weighted by Gasteiger charge is -2.19. The standard InChI is InChI=1S/C17H18ClN3O.C2H2O4/c1-20-9-4-6-16(15-5-2-3-10-21-15)22-17-11-14(18)8-7-13(17)12-19;3-1(4)2(5)6/h2-3,5,7-8,10-11,16,20H,4,6,9H2,1H3;(H,3,4)(H,5,6). The van der Waals surface area contributed by atoms with Crippen LogP contribution in [0.25, 0.3) is 0 Å². The summed E-state index contributed by atoms with van der Waals surface area (Å²) in [7, 11) is 1.92. The van der Waals surface area contributed by atoms with Crippen LogP contribution in [-0.2, 0) is 9.59 Å². The molecule has 1 heterocycles. The number of aliphatic carboxylic acids is 2. The van der Waals surface area contributed by atoms with Gasteiger partial charge in [0.05, 0.1) is 11.3 Å². The van der Waals surface area contributed by atoms with Crippen LogP contribution in [0, 0.1) is 11.3 Å². The predicted molar refractivity (Wildman–Crippen MR) is 102 cm³/mol. The summed E-state index contributed by atoms with van der Waals surface area (Å²) in [5.41, 5.74) is 1.32. The zero-order valence-corrected chi connectivity index (χ0v) is 15.9. The number of rotatable bonds is 7. The number of hydrogen-bond donors (Lipinski definition) is 3. The van der Waals surface area contributed by atoms with E-state index in [0.717, 1.165) is 25.1 Å². The van der Waals surface area contributed by atoms with Gasteiger partial charge in [0.15, 0.2) is 0 Å². The van der Waals surface area contributed by atoms with Crippen molar-refractivity contribution in [1.82, 2.24) is 10.3 Å². The second-order valence-corrected chi connectivity index (χ2v) is 5.91. The van der Waals surface area contributed by atoms with Crippen molar-refractivity contribution >= 4 is 23.5 Å². The van der Waals surface area contributed by atoms with E-state index in [4.69, 9.17) is 36.1 Å². The third-order valence-corrected chi connectivity index (χ3v) is 3.66. The van der Waals surface area contributed by atoms with Crippen LogP contribution in [-0.4, -0.2) is 40.7 Å². The molecule has 3 N–H and O–H groups in total. The van der Waals surface area contributed by atoms with E-state index in [1.54, 1.807) is 24.4 Å². The number of nitrogens with one attached hydrogen (secondary N) is 1. The number of aromatic nitrogens is 1. The van der Waals surface area contributed by atoms with Crippen molar-refractivity contribution in [3.8, 4) is 11.8 Å². The first-order chi connectivity index (χ1) is 13.4. The number of carboxylic acids is 2. The third kappa shape index (κ3) is 8.03. The SMILES string of the molecule is CNCCCC(Oc1cc(Cl)ccc1C#N)c1ccccn1.O=C(O)C(=O)O. The molecule has 0 aliphatic carbocycles. The minimum absolute atomic E-state index is 0.208.